The van der Waals surface area contributed by atoms with Crippen LogP contribution in [0.5, 0.6) is 0 Å². The van der Waals surface area contributed by atoms with Gasteiger partial charge in [0.05, 0.1) is 32.5 Å². The number of ether oxygens (including phenoxy) is 2. The first kappa shape index (κ1) is 14.4. The average Bonchev–Trinajstić information content (AvgIpc) is 2.86. The van der Waals surface area contributed by atoms with Crippen LogP contribution in [0.25, 0.3) is 0 Å². The summed E-state index contributed by atoms with van der Waals surface area (Å²) in [4.78, 5) is 2.25. The second-order valence-electron chi connectivity index (χ2n) is 5.34. The number of hydrogen-bond acceptors (Lipinski definition) is 5. The predicted octanol–water partition coefficient (Wildman–Crippen LogP) is 1.10. The number of nitrogens with zero attached hydrogens (tertiary/aromatic N) is 4. The lowest BCUT2D eigenvalue weighted by molar-refractivity contribution is -0.0924. The van der Waals surface area contributed by atoms with Gasteiger partial charge in [0.15, 0.2) is 0 Å². The van der Waals surface area contributed by atoms with Crippen LogP contribution in [0.3, 0.4) is 0 Å². The van der Waals surface area contributed by atoms with E-state index >= 15 is 0 Å². The molecule has 0 amide bonds. The molecule has 1 fully saturated rings. The second kappa shape index (κ2) is 6.98. The van der Waals surface area contributed by atoms with E-state index in [1.807, 2.05) is 0 Å². The molecule has 2 rings (SSSR count). The number of rotatable bonds is 6. The van der Waals surface area contributed by atoms with Crippen LogP contribution >= 0.6 is 0 Å². The minimum atomic E-state index is 0.235. The summed E-state index contributed by atoms with van der Waals surface area (Å²) < 4.78 is 13.1. The van der Waals surface area contributed by atoms with Crippen molar-refractivity contribution in [2.45, 2.75) is 39.0 Å². The van der Waals surface area contributed by atoms with Gasteiger partial charge in [0.1, 0.15) is 12.2 Å². The molecule has 0 spiro atoms. The van der Waals surface area contributed by atoms with E-state index in [0.29, 0.717) is 6.04 Å². The van der Waals surface area contributed by atoms with E-state index in [1.165, 1.54) is 0 Å². The van der Waals surface area contributed by atoms with Gasteiger partial charge in [-0.1, -0.05) is 0 Å². The van der Waals surface area contributed by atoms with Crippen molar-refractivity contribution in [3.63, 3.8) is 0 Å². The van der Waals surface area contributed by atoms with E-state index in [4.69, 9.17) is 9.47 Å². The van der Waals surface area contributed by atoms with E-state index in [9.17, 15) is 0 Å². The Hall–Kier alpha value is -0.980. The summed E-state index contributed by atoms with van der Waals surface area (Å²) in [5, 5.41) is 8.18. The van der Waals surface area contributed by atoms with Gasteiger partial charge in [0, 0.05) is 12.6 Å². The predicted molar refractivity (Wildman–Crippen MR) is 71.9 cm³/mol. The van der Waals surface area contributed by atoms with Gasteiger partial charge in [-0.25, -0.2) is 0 Å². The molecule has 1 atom stereocenters. The van der Waals surface area contributed by atoms with Crippen LogP contribution in [-0.2, 0) is 16.0 Å². The molecule has 6 heteroatoms. The SMILES string of the molecule is CC(C)n1cnnc1CN(C)CCC1COCCO1. The monoisotopic (exact) mass is 268 g/mol. The molecule has 1 aromatic rings. The molecule has 6 nitrogen and oxygen atoms in total. The summed E-state index contributed by atoms with van der Waals surface area (Å²) in [6.07, 6.45) is 3.03. The highest BCUT2D eigenvalue weighted by Crippen LogP contribution is 2.10. The summed E-state index contributed by atoms with van der Waals surface area (Å²) in [7, 11) is 2.10. The van der Waals surface area contributed by atoms with Crippen molar-refractivity contribution in [2.24, 2.45) is 0 Å². The van der Waals surface area contributed by atoms with Gasteiger partial charge in [-0.3, -0.25) is 4.90 Å². The summed E-state index contributed by atoms with van der Waals surface area (Å²) >= 11 is 0. The zero-order valence-corrected chi connectivity index (χ0v) is 12.1. The Morgan fingerprint density at radius 2 is 2.32 bits per heavy atom. The Balaban J connectivity index is 1.77. The van der Waals surface area contributed by atoms with Crippen molar-refractivity contribution in [1.29, 1.82) is 0 Å². The highest BCUT2D eigenvalue weighted by molar-refractivity contribution is 4.87. The lowest BCUT2D eigenvalue weighted by Crippen LogP contribution is -2.32. The largest absolute Gasteiger partial charge is 0.376 e. The Bertz CT molecular complexity index is 374. The molecule has 2 heterocycles. The molecule has 1 aliphatic rings. The summed E-state index contributed by atoms with van der Waals surface area (Å²) in [6.45, 7) is 8.22. The van der Waals surface area contributed by atoms with Crippen molar-refractivity contribution in [2.75, 3.05) is 33.4 Å². The molecule has 108 valence electrons. The lowest BCUT2D eigenvalue weighted by Gasteiger charge is -2.25. The van der Waals surface area contributed by atoms with Crippen molar-refractivity contribution in [3.8, 4) is 0 Å². The van der Waals surface area contributed by atoms with Gasteiger partial charge in [-0.2, -0.15) is 0 Å². The molecule has 1 unspecified atom stereocenters. The first-order valence-corrected chi connectivity index (χ1v) is 6.93. The maximum atomic E-state index is 5.64. The number of hydrogen-bond donors (Lipinski definition) is 0. The fourth-order valence-corrected chi connectivity index (χ4v) is 2.20. The van der Waals surface area contributed by atoms with Gasteiger partial charge < -0.3 is 14.0 Å². The van der Waals surface area contributed by atoms with Gasteiger partial charge in [-0.15, -0.1) is 10.2 Å². The van der Waals surface area contributed by atoms with Crippen molar-refractivity contribution >= 4 is 0 Å². The molecule has 1 aromatic heterocycles. The van der Waals surface area contributed by atoms with Crippen molar-refractivity contribution in [1.82, 2.24) is 19.7 Å². The summed E-state index contributed by atoms with van der Waals surface area (Å²) in [5.41, 5.74) is 0. The number of aromatic nitrogens is 3. The van der Waals surface area contributed by atoms with Gasteiger partial charge in [-0.05, 0) is 27.3 Å². The smallest absolute Gasteiger partial charge is 0.147 e. The van der Waals surface area contributed by atoms with Crippen molar-refractivity contribution < 1.29 is 9.47 Å². The van der Waals surface area contributed by atoms with Gasteiger partial charge in [0.25, 0.3) is 0 Å². The van der Waals surface area contributed by atoms with E-state index < -0.39 is 0 Å². The Morgan fingerprint density at radius 1 is 1.47 bits per heavy atom. The molecule has 0 radical (unpaired) electrons. The first-order chi connectivity index (χ1) is 9.16. The zero-order chi connectivity index (χ0) is 13.7. The fourth-order valence-electron chi connectivity index (χ4n) is 2.20. The van der Waals surface area contributed by atoms with E-state index in [2.05, 4.69) is 40.6 Å². The van der Waals surface area contributed by atoms with Crippen LogP contribution < -0.4 is 0 Å². The van der Waals surface area contributed by atoms with Crippen LogP contribution in [-0.4, -0.2) is 59.2 Å². The third kappa shape index (κ3) is 4.26. The average molecular weight is 268 g/mol. The highest BCUT2D eigenvalue weighted by atomic mass is 16.6. The summed E-state index contributed by atoms with van der Waals surface area (Å²) in [5.74, 6) is 1.01. The summed E-state index contributed by atoms with van der Waals surface area (Å²) in [6, 6.07) is 0.397. The highest BCUT2D eigenvalue weighted by Gasteiger charge is 2.16. The molecule has 19 heavy (non-hydrogen) atoms. The van der Waals surface area contributed by atoms with Crippen molar-refractivity contribution in [3.05, 3.63) is 12.2 Å². The fraction of sp³-hybridized carbons (Fsp3) is 0.846. The third-order valence-electron chi connectivity index (χ3n) is 3.33. The Kier molecular flexibility index (Phi) is 5.30. The Morgan fingerprint density at radius 3 is 3.00 bits per heavy atom. The Labute approximate surface area is 114 Å². The molecular weight excluding hydrogens is 244 g/mol. The molecule has 0 aromatic carbocycles. The van der Waals surface area contributed by atoms with Crippen LogP contribution in [0, 0.1) is 0 Å². The van der Waals surface area contributed by atoms with Crippen LogP contribution in [0.15, 0.2) is 6.33 Å². The molecule has 0 bridgehead atoms. The maximum Gasteiger partial charge on any atom is 0.147 e. The minimum Gasteiger partial charge on any atom is -0.376 e. The third-order valence-corrected chi connectivity index (χ3v) is 3.33. The lowest BCUT2D eigenvalue weighted by atomic mass is 10.2. The molecular formula is C13H24N4O2. The quantitative estimate of drug-likeness (QED) is 0.773. The first-order valence-electron chi connectivity index (χ1n) is 6.93. The molecule has 0 N–H and O–H groups in total. The molecule has 0 saturated carbocycles. The minimum absolute atomic E-state index is 0.235. The molecule has 1 aliphatic heterocycles. The zero-order valence-electron chi connectivity index (χ0n) is 12.1. The molecule has 0 aliphatic carbocycles. The maximum absolute atomic E-state index is 5.64. The van der Waals surface area contributed by atoms with Gasteiger partial charge >= 0.3 is 0 Å². The normalized spacial score (nSPS) is 20.4. The topological polar surface area (TPSA) is 52.4 Å². The van der Waals surface area contributed by atoms with Crippen LogP contribution in [0.4, 0.5) is 0 Å². The van der Waals surface area contributed by atoms with Crippen LogP contribution in [0.1, 0.15) is 32.1 Å². The second-order valence-corrected chi connectivity index (χ2v) is 5.34. The van der Waals surface area contributed by atoms with E-state index in [1.54, 1.807) is 6.33 Å². The standard InChI is InChI=1S/C13H24N4O2/c1-11(2)17-10-14-15-13(17)8-16(3)5-4-12-9-18-6-7-19-12/h10-12H,4-9H2,1-3H3. The molecule has 1 saturated heterocycles. The van der Waals surface area contributed by atoms with Gasteiger partial charge in [0.2, 0.25) is 0 Å². The van der Waals surface area contributed by atoms with E-state index in [0.717, 1.165) is 45.2 Å². The van der Waals surface area contributed by atoms with Crippen LogP contribution in [0.2, 0.25) is 0 Å². The van der Waals surface area contributed by atoms with E-state index in [-0.39, 0.29) is 6.10 Å².